The quantitative estimate of drug-likeness (QED) is 0.595. The van der Waals surface area contributed by atoms with Crippen LogP contribution in [0.25, 0.3) is 0 Å². The molecule has 1 fully saturated rings. The normalized spacial score (nSPS) is 30.0. The van der Waals surface area contributed by atoms with Crippen LogP contribution in [0, 0.1) is 5.92 Å². The van der Waals surface area contributed by atoms with Crippen molar-refractivity contribution in [3.05, 3.63) is 23.3 Å². The van der Waals surface area contributed by atoms with Gasteiger partial charge in [-0.3, -0.25) is 9.59 Å². The molecule has 0 radical (unpaired) electrons. The van der Waals surface area contributed by atoms with Crippen molar-refractivity contribution in [1.29, 1.82) is 0 Å². The zero-order chi connectivity index (χ0) is 16.6. The molecule has 0 amide bonds. The van der Waals surface area contributed by atoms with Crippen molar-refractivity contribution in [3.63, 3.8) is 0 Å². The topological polar surface area (TPSA) is 89.9 Å². The van der Waals surface area contributed by atoms with Crippen LogP contribution in [-0.2, 0) is 23.9 Å². The molecule has 22 heavy (non-hydrogen) atoms. The average molecular weight is 308 g/mol. The second-order valence-electron chi connectivity index (χ2n) is 5.80. The highest BCUT2D eigenvalue weighted by Gasteiger charge is 2.49. The van der Waals surface area contributed by atoms with E-state index in [1.54, 1.807) is 6.92 Å². The van der Waals surface area contributed by atoms with E-state index in [0.29, 0.717) is 11.1 Å². The van der Waals surface area contributed by atoms with E-state index in [0.717, 1.165) is 0 Å². The van der Waals surface area contributed by atoms with Gasteiger partial charge in [0, 0.05) is 31.1 Å². The van der Waals surface area contributed by atoms with Crippen LogP contribution in [0.1, 0.15) is 26.7 Å². The Morgan fingerprint density at radius 2 is 2.14 bits per heavy atom. The molecule has 2 rings (SSSR count). The Bertz CT molecular complexity index is 573. The smallest absolute Gasteiger partial charge is 0.334 e. The average Bonchev–Trinajstić information content (AvgIpc) is 2.86. The van der Waals surface area contributed by atoms with Crippen LogP contribution in [0.3, 0.4) is 0 Å². The molecule has 0 aromatic heterocycles. The minimum Gasteiger partial charge on any atom is -0.453 e. The summed E-state index contributed by atoms with van der Waals surface area (Å²) in [6.07, 6.45) is -2.29. The summed E-state index contributed by atoms with van der Waals surface area (Å²) < 4.78 is 10.5. The van der Waals surface area contributed by atoms with Gasteiger partial charge in [-0.05, 0) is 19.4 Å². The predicted octanol–water partition coefficient (Wildman–Crippen LogP) is 0.728. The number of methoxy groups -OCH3 is 1. The Hall–Kier alpha value is -1.79. The maximum Gasteiger partial charge on any atom is 0.334 e. The molecule has 2 aliphatic rings. The molecule has 0 aromatic carbocycles. The fourth-order valence-electron chi connectivity index (χ4n) is 3.15. The number of carbonyl (C=O) groups is 3. The number of hydrogen-bond donors (Lipinski definition) is 1. The molecule has 0 aromatic rings. The lowest BCUT2D eigenvalue weighted by molar-refractivity contribution is -0.138. The fourth-order valence-corrected chi connectivity index (χ4v) is 3.15. The van der Waals surface area contributed by atoms with E-state index in [9.17, 15) is 19.5 Å². The van der Waals surface area contributed by atoms with E-state index in [1.165, 1.54) is 14.0 Å². The molecule has 6 nitrogen and oxygen atoms in total. The lowest BCUT2D eigenvalue weighted by Crippen LogP contribution is -2.33. The van der Waals surface area contributed by atoms with Crippen molar-refractivity contribution in [3.8, 4) is 0 Å². The van der Waals surface area contributed by atoms with Crippen molar-refractivity contribution < 1.29 is 29.0 Å². The number of cyclic esters (lactones) is 1. The first-order valence-electron chi connectivity index (χ1n) is 7.11. The fraction of sp³-hybridized carbons (Fsp3) is 0.562. The molecule has 4 atom stereocenters. The van der Waals surface area contributed by atoms with E-state index >= 15 is 0 Å². The van der Waals surface area contributed by atoms with Gasteiger partial charge in [-0.15, -0.1) is 0 Å². The second-order valence-corrected chi connectivity index (χ2v) is 5.80. The molecule has 120 valence electrons. The largest absolute Gasteiger partial charge is 0.453 e. The van der Waals surface area contributed by atoms with E-state index in [2.05, 4.69) is 6.58 Å². The van der Waals surface area contributed by atoms with Gasteiger partial charge in [-0.1, -0.05) is 6.58 Å². The molecule has 0 saturated carbocycles. The number of aliphatic hydroxyl groups is 1. The number of Topliss-reactive ketones (excluding diaryl/α,β-unsaturated/α-hetero) is 2. The number of carbonyl (C=O) groups excluding carboxylic acids is 3. The molecule has 1 N–H and O–H groups in total. The van der Waals surface area contributed by atoms with Gasteiger partial charge in [0.2, 0.25) is 0 Å². The second kappa shape index (κ2) is 6.14. The van der Waals surface area contributed by atoms with Crippen LogP contribution >= 0.6 is 0 Å². The first-order valence-corrected chi connectivity index (χ1v) is 7.11. The maximum atomic E-state index is 12.2. The maximum absolute atomic E-state index is 12.2. The number of ether oxygens (including phenoxy) is 2. The van der Waals surface area contributed by atoms with E-state index < -0.39 is 24.1 Å². The van der Waals surface area contributed by atoms with Gasteiger partial charge in [-0.25, -0.2) is 4.79 Å². The summed E-state index contributed by atoms with van der Waals surface area (Å²) in [5, 5.41) is 10.3. The molecule has 1 aliphatic heterocycles. The van der Waals surface area contributed by atoms with Crippen molar-refractivity contribution in [1.82, 2.24) is 0 Å². The van der Waals surface area contributed by atoms with Gasteiger partial charge in [0.05, 0.1) is 18.1 Å². The van der Waals surface area contributed by atoms with Gasteiger partial charge < -0.3 is 14.6 Å². The minimum absolute atomic E-state index is 0.0905. The molecule has 0 unspecified atom stereocenters. The van der Waals surface area contributed by atoms with Gasteiger partial charge in [-0.2, -0.15) is 0 Å². The molecule has 1 heterocycles. The SMILES string of the molecule is C=C1C(=O)O[C@H](C2=C(C)[C@@H](OC)CC2=O)[C@H]1[C@H](O)CC(C)=O. The number of rotatable bonds is 5. The molecular formula is C16H20O6. The highest BCUT2D eigenvalue weighted by Crippen LogP contribution is 2.40. The zero-order valence-electron chi connectivity index (χ0n) is 12.9. The van der Waals surface area contributed by atoms with Gasteiger partial charge in [0.15, 0.2) is 5.78 Å². The monoisotopic (exact) mass is 308 g/mol. The molecule has 0 spiro atoms. The lowest BCUT2D eigenvalue weighted by Gasteiger charge is -2.23. The van der Waals surface area contributed by atoms with E-state index in [4.69, 9.17) is 9.47 Å². The van der Waals surface area contributed by atoms with Crippen LogP contribution in [0.15, 0.2) is 23.3 Å². The summed E-state index contributed by atoms with van der Waals surface area (Å²) in [5.41, 5.74) is 1.14. The number of esters is 1. The standard InChI is InChI=1S/C16H20O6/c1-7(17)5-10(18)14-9(3)16(20)22-15(14)13-8(2)12(21-4)6-11(13)19/h10,12,14-15,18H,3,5-6H2,1-2,4H3/t10-,12+,14-,15-/m1/s1. The molecule has 0 bridgehead atoms. The van der Waals surface area contributed by atoms with Crippen molar-refractivity contribution in [2.45, 2.75) is 45.0 Å². The third-order valence-corrected chi connectivity index (χ3v) is 4.28. The molecule has 1 aliphatic carbocycles. The van der Waals surface area contributed by atoms with Crippen LogP contribution in [0.5, 0.6) is 0 Å². The molecule has 1 saturated heterocycles. The summed E-state index contributed by atoms with van der Waals surface area (Å²) in [5.74, 6) is -1.82. The Morgan fingerprint density at radius 3 is 2.64 bits per heavy atom. The number of aliphatic hydroxyl groups excluding tert-OH is 1. The molecule has 6 heteroatoms. The van der Waals surface area contributed by atoms with Gasteiger partial charge in [0.25, 0.3) is 0 Å². The van der Waals surface area contributed by atoms with Crippen molar-refractivity contribution in [2.24, 2.45) is 5.92 Å². The summed E-state index contributed by atoms with van der Waals surface area (Å²) in [6.45, 7) is 6.74. The Labute approximate surface area is 128 Å². The van der Waals surface area contributed by atoms with Gasteiger partial charge >= 0.3 is 5.97 Å². The van der Waals surface area contributed by atoms with Crippen LogP contribution < -0.4 is 0 Å². The highest BCUT2D eigenvalue weighted by atomic mass is 16.6. The molecular weight excluding hydrogens is 288 g/mol. The summed E-state index contributed by atoms with van der Waals surface area (Å²) >= 11 is 0. The zero-order valence-corrected chi connectivity index (χ0v) is 12.9. The predicted molar refractivity (Wildman–Crippen MR) is 76.9 cm³/mol. The highest BCUT2D eigenvalue weighted by molar-refractivity contribution is 6.02. The first-order chi connectivity index (χ1) is 10.3. The summed E-state index contributed by atoms with van der Waals surface area (Å²) in [4.78, 5) is 35.3. The summed E-state index contributed by atoms with van der Waals surface area (Å²) in [6, 6.07) is 0. The van der Waals surface area contributed by atoms with Crippen LogP contribution in [0.2, 0.25) is 0 Å². The van der Waals surface area contributed by atoms with Crippen molar-refractivity contribution in [2.75, 3.05) is 7.11 Å². The third-order valence-electron chi connectivity index (χ3n) is 4.28. The minimum atomic E-state index is -1.11. The Balaban J connectivity index is 2.37. The summed E-state index contributed by atoms with van der Waals surface area (Å²) in [7, 11) is 1.51. The van der Waals surface area contributed by atoms with Crippen molar-refractivity contribution >= 4 is 17.5 Å². The lowest BCUT2D eigenvalue weighted by atomic mass is 9.84. The Kier molecular flexibility index (Phi) is 4.63. The van der Waals surface area contributed by atoms with Crippen LogP contribution in [-0.4, -0.2) is 48.1 Å². The first kappa shape index (κ1) is 16.6. The van der Waals surface area contributed by atoms with E-state index in [-0.39, 0.29) is 36.1 Å². The number of ketones is 2. The van der Waals surface area contributed by atoms with E-state index in [1.807, 2.05) is 0 Å². The Morgan fingerprint density at radius 1 is 1.50 bits per heavy atom. The van der Waals surface area contributed by atoms with Gasteiger partial charge in [0.1, 0.15) is 11.9 Å². The third kappa shape index (κ3) is 2.76. The van der Waals surface area contributed by atoms with Crippen LogP contribution in [0.4, 0.5) is 0 Å². The number of hydrogen-bond acceptors (Lipinski definition) is 6.